The van der Waals surface area contributed by atoms with Crippen molar-refractivity contribution >= 4 is 17.8 Å². The van der Waals surface area contributed by atoms with Crippen molar-refractivity contribution < 1.29 is 23.5 Å². The Morgan fingerprint density at radius 1 is 0.962 bits per heavy atom. The summed E-state index contributed by atoms with van der Waals surface area (Å²) in [6.45, 7) is 16.1. The number of ether oxygens (including phenoxy) is 2. The molecule has 4 aliphatic rings. The molecule has 1 aromatic carbocycles. The first kappa shape index (κ1) is 37.9. The van der Waals surface area contributed by atoms with Crippen LogP contribution >= 0.6 is 0 Å². The highest BCUT2D eigenvalue weighted by Gasteiger charge is 2.51. The molecule has 4 aliphatic carbocycles. The van der Waals surface area contributed by atoms with Crippen molar-refractivity contribution in [1.29, 1.82) is 0 Å². The van der Waals surface area contributed by atoms with Gasteiger partial charge in [-0.15, -0.1) is 0 Å². The highest BCUT2D eigenvalue weighted by atomic mass is 16.6. The Morgan fingerprint density at radius 3 is 2.25 bits per heavy atom. The Morgan fingerprint density at radius 2 is 1.65 bits per heavy atom. The second-order valence-electron chi connectivity index (χ2n) is 18.2. The van der Waals surface area contributed by atoms with Crippen LogP contribution in [0.5, 0.6) is 5.75 Å². The lowest BCUT2D eigenvalue weighted by atomic mass is 9.51. The average molecular weight is 713 g/mol. The van der Waals surface area contributed by atoms with Crippen LogP contribution in [0.2, 0.25) is 0 Å². The lowest BCUT2D eigenvalue weighted by molar-refractivity contribution is -0.124. The largest absolute Gasteiger partial charge is 0.496 e. The first-order chi connectivity index (χ1) is 24.6. The molecule has 9 heteroatoms. The second kappa shape index (κ2) is 14.9. The van der Waals surface area contributed by atoms with E-state index in [0.29, 0.717) is 50.5 Å². The maximum atomic E-state index is 14.7. The molecule has 52 heavy (non-hydrogen) atoms. The first-order valence-corrected chi connectivity index (χ1v) is 19.4. The molecule has 0 saturated heterocycles. The molecule has 4 fully saturated rings. The number of aryl methyl sites for hydroxylation is 1. The van der Waals surface area contributed by atoms with Crippen LogP contribution in [-0.4, -0.2) is 48.3 Å². The standard InChI is InChI=1S/C43H60N4O5/c1-29-25-32(11-14-35(29)50-8)43-19-16-42(17-20-43,18-21-43)28-47(36-26-31(15-23-44-36)34-27-51-38(46-34)41(5,6)7)37(48)30-9-12-33(13-10-30)52-39(49)45-24-22-40(2,3)4/h11,14-15,23,25-27,30,33H,9-10,12-13,16-22,24,28H2,1-8H3,(H,45,49)/t30-,33-,42?,43?. The molecule has 2 amide bonds. The Hall–Kier alpha value is -3.88. The summed E-state index contributed by atoms with van der Waals surface area (Å²) in [4.78, 5) is 38.8. The van der Waals surface area contributed by atoms with E-state index in [1.807, 2.05) is 17.0 Å². The van der Waals surface area contributed by atoms with E-state index >= 15 is 0 Å². The molecule has 0 radical (unpaired) electrons. The van der Waals surface area contributed by atoms with Crippen molar-refractivity contribution in [3.8, 4) is 17.0 Å². The van der Waals surface area contributed by atoms with Crippen molar-refractivity contribution in [1.82, 2.24) is 15.3 Å². The van der Waals surface area contributed by atoms with E-state index in [2.05, 4.69) is 72.0 Å². The number of nitrogens with zero attached hydrogens (tertiary/aromatic N) is 3. The predicted octanol–water partition coefficient (Wildman–Crippen LogP) is 9.70. The lowest BCUT2D eigenvalue weighted by Gasteiger charge is -2.55. The van der Waals surface area contributed by atoms with Crippen molar-refractivity contribution in [2.24, 2.45) is 16.7 Å². The van der Waals surface area contributed by atoms with Crippen LogP contribution in [0.1, 0.15) is 129 Å². The van der Waals surface area contributed by atoms with E-state index in [0.717, 1.165) is 62.0 Å². The van der Waals surface area contributed by atoms with Crippen LogP contribution in [0, 0.1) is 23.7 Å². The monoisotopic (exact) mass is 712 g/mol. The zero-order valence-electron chi connectivity index (χ0n) is 32.8. The van der Waals surface area contributed by atoms with Crippen LogP contribution in [0.25, 0.3) is 11.3 Å². The van der Waals surface area contributed by atoms with Crippen molar-refractivity contribution in [2.75, 3.05) is 25.1 Å². The molecule has 2 bridgehead atoms. The third kappa shape index (κ3) is 8.50. The van der Waals surface area contributed by atoms with Crippen molar-refractivity contribution in [2.45, 2.75) is 136 Å². The molecule has 282 valence electrons. The number of benzene rings is 1. The van der Waals surface area contributed by atoms with Gasteiger partial charge in [-0.3, -0.25) is 9.69 Å². The smallest absolute Gasteiger partial charge is 0.407 e. The van der Waals surface area contributed by atoms with Gasteiger partial charge < -0.3 is 19.2 Å². The molecule has 7 rings (SSSR count). The Bertz CT molecular complexity index is 1700. The third-order valence-electron chi connectivity index (χ3n) is 12.1. The third-order valence-corrected chi connectivity index (χ3v) is 12.1. The minimum absolute atomic E-state index is 0.0371. The molecule has 0 atom stereocenters. The molecule has 9 nitrogen and oxygen atoms in total. The fourth-order valence-electron chi connectivity index (χ4n) is 8.61. The Labute approximate surface area is 310 Å². The van der Waals surface area contributed by atoms with Gasteiger partial charge in [-0.25, -0.2) is 14.8 Å². The van der Waals surface area contributed by atoms with Crippen LogP contribution in [0.3, 0.4) is 0 Å². The van der Waals surface area contributed by atoms with E-state index < -0.39 is 0 Å². The van der Waals surface area contributed by atoms with Gasteiger partial charge in [0.05, 0.1) is 7.11 Å². The van der Waals surface area contributed by atoms with Crippen molar-refractivity contribution in [3.63, 3.8) is 0 Å². The van der Waals surface area contributed by atoms with Gasteiger partial charge in [0.2, 0.25) is 5.91 Å². The molecule has 2 aromatic heterocycles. The number of hydrogen-bond donors (Lipinski definition) is 1. The summed E-state index contributed by atoms with van der Waals surface area (Å²) < 4.78 is 17.2. The fourth-order valence-corrected chi connectivity index (χ4v) is 8.61. The number of fused-ring (bicyclic) bond motifs is 3. The molecular formula is C43H60N4O5. The number of nitrogens with one attached hydrogen (secondary N) is 1. The molecule has 1 N–H and O–H groups in total. The summed E-state index contributed by atoms with van der Waals surface area (Å²) in [6, 6.07) is 10.7. The first-order valence-electron chi connectivity index (χ1n) is 19.4. The molecule has 0 spiro atoms. The Balaban J connectivity index is 1.19. The maximum absolute atomic E-state index is 14.7. The lowest BCUT2D eigenvalue weighted by Crippen LogP contribution is -2.52. The summed E-state index contributed by atoms with van der Waals surface area (Å²) in [5.41, 5.74) is 4.38. The highest BCUT2D eigenvalue weighted by Crippen LogP contribution is 2.58. The van der Waals surface area contributed by atoms with E-state index in [-0.39, 0.29) is 45.7 Å². The number of carbonyl (C=O) groups is 2. The highest BCUT2D eigenvalue weighted by molar-refractivity contribution is 5.95. The van der Waals surface area contributed by atoms with Crippen LogP contribution in [0.4, 0.5) is 10.6 Å². The topological polar surface area (TPSA) is 107 Å². The number of carbonyl (C=O) groups excluding carboxylic acids is 2. The minimum Gasteiger partial charge on any atom is -0.496 e. The number of aromatic nitrogens is 2. The summed E-state index contributed by atoms with van der Waals surface area (Å²) in [7, 11) is 1.73. The van der Waals surface area contributed by atoms with Gasteiger partial charge in [-0.1, -0.05) is 53.7 Å². The van der Waals surface area contributed by atoms with Crippen LogP contribution in [0.15, 0.2) is 47.2 Å². The number of amides is 2. The predicted molar refractivity (Wildman–Crippen MR) is 205 cm³/mol. The van der Waals surface area contributed by atoms with E-state index in [1.54, 1.807) is 19.6 Å². The molecule has 2 heterocycles. The Kier molecular flexibility index (Phi) is 10.8. The number of alkyl carbamates (subject to hydrolysis) is 1. The SMILES string of the molecule is COc1ccc(C23CCC(CN(c4cc(-c5coc(C(C)(C)C)n5)ccn4)C(=O)[C@H]4CC[C@H](OC(=O)NCCC(C)(C)C)CC4)(CC2)CC3)cc1C. The normalized spacial score (nSPS) is 24.7. The zero-order chi connectivity index (χ0) is 37.3. The number of anilines is 1. The van der Waals surface area contributed by atoms with Gasteiger partial charge >= 0.3 is 6.09 Å². The number of pyridine rings is 1. The number of methoxy groups -OCH3 is 1. The number of rotatable bonds is 10. The summed E-state index contributed by atoms with van der Waals surface area (Å²) in [5, 5.41) is 2.91. The van der Waals surface area contributed by atoms with Gasteiger partial charge in [0.1, 0.15) is 29.6 Å². The van der Waals surface area contributed by atoms with Crippen LogP contribution in [-0.2, 0) is 20.4 Å². The average Bonchev–Trinajstić information content (AvgIpc) is 3.63. The van der Waals surface area contributed by atoms with Gasteiger partial charge in [0.15, 0.2) is 5.89 Å². The minimum atomic E-state index is -0.362. The maximum Gasteiger partial charge on any atom is 0.407 e. The quantitative estimate of drug-likeness (QED) is 0.223. The molecule has 4 saturated carbocycles. The zero-order valence-corrected chi connectivity index (χ0v) is 32.8. The number of oxazole rings is 1. The van der Waals surface area contributed by atoms with Gasteiger partial charge in [-0.2, -0.15) is 0 Å². The van der Waals surface area contributed by atoms with Crippen molar-refractivity contribution in [3.05, 3.63) is 59.8 Å². The van der Waals surface area contributed by atoms with Gasteiger partial charge in [0, 0.05) is 36.2 Å². The number of hydrogen-bond acceptors (Lipinski definition) is 7. The molecule has 0 unspecified atom stereocenters. The second-order valence-corrected chi connectivity index (χ2v) is 18.2. The summed E-state index contributed by atoms with van der Waals surface area (Å²) >= 11 is 0. The molecule has 0 aliphatic heterocycles. The van der Waals surface area contributed by atoms with E-state index in [4.69, 9.17) is 23.9 Å². The van der Waals surface area contributed by atoms with Gasteiger partial charge in [-0.05, 0) is 123 Å². The summed E-state index contributed by atoms with van der Waals surface area (Å²) in [5.74, 6) is 2.25. The molecular weight excluding hydrogens is 652 g/mol. The van der Waals surface area contributed by atoms with E-state index in [1.165, 1.54) is 11.1 Å². The van der Waals surface area contributed by atoms with E-state index in [9.17, 15) is 9.59 Å². The summed E-state index contributed by atoms with van der Waals surface area (Å²) in [6.07, 6.45) is 13.1. The molecule has 3 aromatic rings. The van der Waals surface area contributed by atoms with Crippen LogP contribution < -0.4 is 15.0 Å². The van der Waals surface area contributed by atoms with Gasteiger partial charge in [0.25, 0.3) is 0 Å². The fraction of sp³-hybridized carbons (Fsp3) is 0.628.